The molecule has 8 nitrogen and oxygen atoms in total. The number of ether oxygens (including phenoxy) is 2. The molecule has 0 bridgehead atoms. The van der Waals surface area contributed by atoms with E-state index in [9.17, 15) is 9.18 Å². The highest BCUT2D eigenvalue weighted by molar-refractivity contribution is 9.10. The summed E-state index contributed by atoms with van der Waals surface area (Å²) in [6.07, 6.45) is 4.94. The van der Waals surface area contributed by atoms with Crippen molar-refractivity contribution in [3.05, 3.63) is 40.9 Å². The van der Waals surface area contributed by atoms with Crippen LogP contribution in [0.3, 0.4) is 0 Å². The van der Waals surface area contributed by atoms with Crippen LogP contribution < -0.4 is 20.3 Å². The zero-order valence-electron chi connectivity index (χ0n) is 19.7. The van der Waals surface area contributed by atoms with Crippen molar-refractivity contribution in [1.82, 2.24) is 15.3 Å². The summed E-state index contributed by atoms with van der Waals surface area (Å²) in [6, 6.07) is 4.68. The lowest BCUT2D eigenvalue weighted by Gasteiger charge is -2.36. The van der Waals surface area contributed by atoms with Crippen molar-refractivity contribution in [1.29, 1.82) is 0 Å². The van der Waals surface area contributed by atoms with E-state index in [1.807, 2.05) is 27.0 Å². The van der Waals surface area contributed by atoms with Crippen LogP contribution in [0.5, 0.6) is 5.75 Å². The molecule has 1 saturated heterocycles. The third kappa shape index (κ3) is 5.38. The maximum absolute atomic E-state index is 14.2. The quantitative estimate of drug-likeness (QED) is 0.389. The molecule has 1 aliphatic rings. The van der Waals surface area contributed by atoms with Crippen LogP contribution in [0, 0.1) is 5.82 Å². The summed E-state index contributed by atoms with van der Waals surface area (Å²) in [7, 11) is 1.43. The molecule has 0 unspecified atom stereocenters. The predicted octanol–water partition coefficient (Wildman–Crippen LogP) is 5.71. The number of aromatic amines is 1. The number of carbonyl (C=O) groups is 1. The lowest BCUT2D eigenvalue weighted by atomic mass is 10.0. The number of anilines is 3. The molecule has 182 valence electrons. The molecular formula is C24H29BrFN5O3. The van der Waals surface area contributed by atoms with E-state index in [2.05, 4.69) is 41.4 Å². The van der Waals surface area contributed by atoms with Crippen molar-refractivity contribution in [3.8, 4) is 5.75 Å². The van der Waals surface area contributed by atoms with Gasteiger partial charge in [-0.1, -0.05) is 0 Å². The van der Waals surface area contributed by atoms with Crippen LogP contribution in [0.2, 0.25) is 0 Å². The number of aromatic nitrogens is 2. The number of nitrogens with zero attached hydrogens (tertiary/aromatic N) is 2. The highest BCUT2D eigenvalue weighted by Gasteiger charge is 2.27. The Kier molecular flexibility index (Phi) is 6.88. The third-order valence-corrected chi connectivity index (χ3v) is 6.10. The summed E-state index contributed by atoms with van der Waals surface area (Å²) in [5.74, 6) is -0.259. The number of nitrogens with one attached hydrogen (secondary N) is 3. The molecule has 1 aliphatic heterocycles. The van der Waals surface area contributed by atoms with Crippen molar-refractivity contribution in [2.45, 2.75) is 45.3 Å². The van der Waals surface area contributed by atoms with Gasteiger partial charge < -0.3 is 30.0 Å². The molecule has 34 heavy (non-hydrogen) atoms. The van der Waals surface area contributed by atoms with Crippen LogP contribution in [0.25, 0.3) is 11.0 Å². The Morgan fingerprint density at radius 2 is 2.15 bits per heavy atom. The Hall–Kier alpha value is -3.01. The number of halogens is 2. The van der Waals surface area contributed by atoms with Gasteiger partial charge in [-0.15, -0.1) is 0 Å². The second kappa shape index (κ2) is 9.69. The van der Waals surface area contributed by atoms with Gasteiger partial charge in [-0.3, -0.25) is 0 Å². The maximum Gasteiger partial charge on any atom is 0.407 e. The lowest BCUT2D eigenvalue weighted by molar-refractivity contribution is 0.0500. The Morgan fingerprint density at radius 3 is 2.85 bits per heavy atom. The number of piperidine rings is 1. The molecule has 1 amide bonds. The number of methoxy groups -OCH3 is 1. The highest BCUT2D eigenvalue weighted by Crippen LogP contribution is 2.40. The van der Waals surface area contributed by atoms with Crippen molar-refractivity contribution in [2.24, 2.45) is 0 Å². The second-order valence-electron chi connectivity index (χ2n) is 9.29. The molecule has 0 saturated carbocycles. The summed E-state index contributed by atoms with van der Waals surface area (Å²) in [5, 5.41) is 7.17. The second-order valence-corrected chi connectivity index (χ2v) is 10.1. The van der Waals surface area contributed by atoms with Gasteiger partial charge >= 0.3 is 6.09 Å². The zero-order valence-corrected chi connectivity index (χ0v) is 21.3. The summed E-state index contributed by atoms with van der Waals surface area (Å²) in [5.41, 5.74) is 2.47. The molecule has 4 rings (SSSR count). The summed E-state index contributed by atoms with van der Waals surface area (Å²) < 4.78 is 25.5. The van der Waals surface area contributed by atoms with Gasteiger partial charge in [-0.05, 0) is 61.7 Å². The Balaban J connectivity index is 1.61. The zero-order chi connectivity index (χ0) is 24.5. The molecule has 3 N–H and O–H groups in total. The molecule has 1 aromatic carbocycles. The number of fused-ring (bicyclic) bond motifs is 1. The van der Waals surface area contributed by atoms with Crippen LogP contribution in [-0.2, 0) is 4.74 Å². The van der Waals surface area contributed by atoms with E-state index in [1.54, 1.807) is 18.3 Å². The van der Waals surface area contributed by atoms with Gasteiger partial charge in [0, 0.05) is 43.3 Å². The maximum atomic E-state index is 14.2. The van der Waals surface area contributed by atoms with Crippen molar-refractivity contribution >= 4 is 50.1 Å². The van der Waals surface area contributed by atoms with E-state index in [0.29, 0.717) is 17.9 Å². The minimum Gasteiger partial charge on any atom is -0.494 e. The number of hydrogen-bond acceptors (Lipinski definition) is 6. The van der Waals surface area contributed by atoms with Gasteiger partial charge in [0.2, 0.25) is 0 Å². The van der Waals surface area contributed by atoms with Gasteiger partial charge in [0.25, 0.3) is 0 Å². The number of pyridine rings is 1. The largest absolute Gasteiger partial charge is 0.494 e. The molecule has 2 aromatic heterocycles. The first kappa shape index (κ1) is 24.1. The number of amides is 1. The predicted molar refractivity (Wildman–Crippen MR) is 135 cm³/mol. The van der Waals surface area contributed by atoms with Crippen LogP contribution in [0.4, 0.5) is 26.2 Å². The minimum absolute atomic E-state index is 0.0512. The molecule has 10 heteroatoms. The number of alkyl carbamates (subject to hydrolysis) is 1. The number of rotatable bonds is 5. The van der Waals surface area contributed by atoms with Crippen LogP contribution in [0.15, 0.2) is 35.1 Å². The van der Waals surface area contributed by atoms with Gasteiger partial charge in [0.05, 0.1) is 28.3 Å². The van der Waals surface area contributed by atoms with E-state index in [4.69, 9.17) is 9.47 Å². The van der Waals surface area contributed by atoms with Gasteiger partial charge in [-0.25, -0.2) is 14.2 Å². The molecule has 1 atom stereocenters. The van der Waals surface area contributed by atoms with Gasteiger partial charge in [0.15, 0.2) is 11.6 Å². The fraction of sp³-hybridized carbons (Fsp3) is 0.417. The SMILES string of the molecule is COc1ccc(Nc2c[nH]c3ncc(Br)c(N4CCC[C@@H](NC(=O)OC(C)(C)C)C4)c23)cc1F. The lowest BCUT2D eigenvalue weighted by Crippen LogP contribution is -2.49. The van der Waals surface area contributed by atoms with E-state index < -0.39 is 17.5 Å². The molecule has 0 spiro atoms. The molecule has 3 aromatic rings. The molecule has 0 radical (unpaired) electrons. The summed E-state index contributed by atoms with van der Waals surface area (Å²) in [4.78, 5) is 22.2. The van der Waals surface area contributed by atoms with Crippen molar-refractivity contribution < 1.29 is 18.7 Å². The van der Waals surface area contributed by atoms with Crippen molar-refractivity contribution in [2.75, 3.05) is 30.4 Å². The van der Waals surface area contributed by atoms with E-state index >= 15 is 0 Å². The highest BCUT2D eigenvalue weighted by atomic mass is 79.9. The monoisotopic (exact) mass is 533 g/mol. The van der Waals surface area contributed by atoms with Crippen LogP contribution >= 0.6 is 15.9 Å². The van der Waals surface area contributed by atoms with Crippen molar-refractivity contribution in [3.63, 3.8) is 0 Å². The Morgan fingerprint density at radius 1 is 1.35 bits per heavy atom. The smallest absolute Gasteiger partial charge is 0.407 e. The number of H-pyrrole nitrogens is 1. The number of carbonyl (C=O) groups excluding carboxylic acids is 1. The number of benzene rings is 1. The fourth-order valence-corrected chi connectivity index (χ4v) is 4.69. The first-order valence-corrected chi connectivity index (χ1v) is 11.9. The Labute approximate surface area is 206 Å². The van der Waals surface area contributed by atoms with Crippen LogP contribution in [0.1, 0.15) is 33.6 Å². The minimum atomic E-state index is -0.550. The van der Waals surface area contributed by atoms with E-state index in [1.165, 1.54) is 13.2 Å². The normalized spacial score (nSPS) is 16.4. The first-order valence-electron chi connectivity index (χ1n) is 11.1. The molecule has 0 aliphatic carbocycles. The van der Waals surface area contributed by atoms with Gasteiger partial charge in [-0.2, -0.15) is 0 Å². The van der Waals surface area contributed by atoms with Crippen LogP contribution in [-0.4, -0.2) is 47.9 Å². The fourth-order valence-electron chi connectivity index (χ4n) is 4.14. The Bertz CT molecular complexity index is 1190. The average molecular weight is 534 g/mol. The van der Waals surface area contributed by atoms with E-state index in [0.717, 1.165) is 40.6 Å². The standard InChI is InChI=1S/C24H29BrFN5O3/c1-24(2,3)34-23(32)30-15-6-5-9-31(13-15)21-16(25)11-27-22-20(21)18(12-28-22)29-14-7-8-19(33-4)17(26)10-14/h7-8,10-12,15,29H,5-6,9,13H2,1-4H3,(H,27,28)(H,30,32)/t15-/m1/s1. The first-order chi connectivity index (χ1) is 16.1. The molecular weight excluding hydrogens is 505 g/mol. The third-order valence-electron chi connectivity index (χ3n) is 5.52. The summed E-state index contributed by atoms with van der Waals surface area (Å²) >= 11 is 3.66. The summed E-state index contributed by atoms with van der Waals surface area (Å²) in [6.45, 7) is 6.99. The number of hydrogen-bond donors (Lipinski definition) is 3. The van der Waals surface area contributed by atoms with E-state index in [-0.39, 0.29) is 11.8 Å². The van der Waals surface area contributed by atoms with Gasteiger partial charge in [0.1, 0.15) is 11.2 Å². The molecule has 3 heterocycles. The molecule has 1 fully saturated rings. The average Bonchev–Trinajstić information content (AvgIpc) is 3.15. The topological polar surface area (TPSA) is 91.5 Å².